The lowest BCUT2D eigenvalue weighted by Gasteiger charge is -2.17. The van der Waals surface area contributed by atoms with Gasteiger partial charge in [0.05, 0.1) is 17.5 Å². The molecule has 4 rings (SSSR count). The Hall–Kier alpha value is -3.61. The van der Waals surface area contributed by atoms with Crippen LogP contribution in [0, 0.1) is 24.1 Å². The van der Waals surface area contributed by atoms with Gasteiger partial charge in [0, 0.05) is 11.1 Å². The zero-order chi connectivity index (χ0) is 23.4. The summed E-state index contributed by atoms with van der Waals surface area (Å²) in [6, 6.07) is 16.8. The minimum Gasteiger partial charge on any atom is -0.297 e. The maximum atomic E-state index is 13.4. The van der Waals surface area contributed by atoms with Gasteiger partial charge in [0.2, 0.25) is 0 Å². The Morgan fingerprint density at radius 3 is 2.61 bits per heavy atom. The molecule has 1 aliphatic rings. The Morgan fingerprint density at radius 1 is 1.24 bits per heavy atom. The van der Waals surface area contributed by atoms with E-state index in [1.165, 1.54) is 40.5 Å². The fourth-order valence-corrected chi connectivity index (χ4v) is 4.89. The Balaban J connectivity index is 1.60. The lowest BCUT2D eigenvalue weighted by Crippen LogP contribution is -2.31. The number of thioether (sulfide) groups is 1. The van der Waals surface area contributed by atoms with E-state index in [1.54, 1.807) is 18.4 Å². The monoisotopic (exact) mass is 476 g/mol. The number of carbonyl (C=O) groups is 2. The highest BCUT2D eigenvalue weighted by Crippen LogP contribution is 2.31. The van der Waals surface area contributed by atoms with Gasteiger partial charge < -0.3 is 0 Å². The molecule has 9 heteroatoms. The number of aryl methyl sites for hydroxylation is 1. The smallest absolute Gasteiger partial charge is 0.283 e. The van der Waals surface area contributed by atoms with Crippen LogP contribution in [0.5, 0.6) is 0 Å². The fourth-order valence-electron chi connectivity index (χ4n) is 3.11. The second kappa shape index (κ2) is 9.90. The molecule has 3 aromatic rings. The average Bonchev–Trinajstić information content (AvgIpc) is 3.37. The van der Waals surface area contributed by atoms with Crippen molar-refractivity contribution < 1.29 is 14.0 Å². The summed E-state index contributed by atoms with van der Waals surface area (Å²) in [6.45, 7) is 1.80. The van der Waals surface area contributed by atoms with Crippen LogP contribution in [0.15, 0.2) is 70.7 Å². The van der Waals surface area contributed by atoms with E-state index in [0.717, 1.165) is 23.0 Å². The first-order valence-electron chi connectivity index (χ1n) is 9.89. The van der Waals surface area contributed by atoms with Crippen molar-refractivity contribution in [1.82, 2.24) is 4.98 Å². The van der Waals surface area contributed by atoms with Crippen molar-refractivity contribution in [1.29, 1.82) is 5.26 Å². The molecule has 1 amide bonds. The summed E-state index contributed by atoms with van der Waals surface area (Å²) in [6.07, 6.45) is 1.66. The first kappa shape index (κ1) is 22.6. The summed E-state index contributed by atoms with van der Waals surface area (Å²) in [4.78, 5) is 36.0. The van der Waals surface area contributed by atoms with Crippen molar-refractivity contribution in [3.63, 3.8) is 0 Å². The number of aliphatic imine (C=N–C) groups is 1. The van der Waals surface area contributed by atoms with Gasteiger partial charge in [-0.1, -0.05) is 42.1 Å². The zero-order valence-corrected chi connectivity index (χ0v) is 19.1. The number of nitriles is 1. The molecule has 0 radical (unpaired) electrons. The molecule has 1 aliphatic heterocycles. The van der Waals surface area contributed by atoms with Gasteiger partial charge in [0.25, 0.3) is 5.91 Å². The number of thiazole rings is 1. The summed E-state index contributed by atoms with van der Waals surface area (Å²) in [5.41, 5.74) is 2.19. The Labute approximate surface area is 198 Å². The molecule has 0 bridgehead atoms. The Bertz CT molecular complexity index is 1290. The average molecular weight is 477 g/mol. The number of nitrogens with zero attached hydrogens (tertiary/aromatic N) is 4. The van der Waals surface area contributed by atoms with Crippen molar-refractivity contribution in [2.75, 3.05) is 10.7 Å². The molecular weight excluding hydrogens is 459 g/mol. The van der Waals surface area contributed by atoms with Crippen LogP contribution >= 0.6 is 23.1 Å². The lowest BCUT2D eigenvalue weighted by molar-refractivity contribution is -0.117. The number of anilines is 1. The first-order chi connectivity index (χ1) is 16.0. The Morgan fingerprint density at radius 2 is 1.97 bits per heavy atom. The van der Waals surface area contributed by atoms with Gasteiger partial charge in [-0.05, 0) is 42.8 Å². The van der Waals surface area contributed by atoms with E-state index in [4.69, 9.17) is 0 Å². The largest absolute Gasteiger partial charge is 0.297 e. The van der Waals surface area contributed by atoms with Gasteiger partial charge in [-0.3, -0.25) is 14.5 Å². The normalized spacial score (nSPS) is 15.4. The highest BCUT2D eigenvalue weighted by molar-refractivity contribution is 8.14. The summed E-state index contributed by atoms with van der Waals surface area (Å²) in [5, 5.41) is 12.0. The number of carbonyl (C=O) groups excluding carboxylic acids is 2. The molecule has 164 valence electrons. The third kappa shape index (κ3) is 5.08. The number of benzene rings is 2. The number of Topliss-reactive ketones (excluding diaryl/α,β-unsaturated/α-hetero) is 1. The second-order valence-corrected chi connectivity index (χ2v) is 8.93. The summed E-state index contributed by atoms with van der Waals surface area (Å²) in [5.74, 6) is -2.19. The predicted octanol–water partition coefficient (Wildman–Crippen LogP) is 4.94. The summed E-state index contributed by atoms with van der Waals surface area (Å²) >= 11 is 2.33. The maximum Gasteiger partial charge on any atom is 0.283 e. The number of amidine groups is 1. The number of amides is 1. The molecule has 0 saturated carbocycles. The van der Waals surface area contributed by atoms with Crippen LogP contribution in [0.1, 0.15) is 22.2 Å². The first-order valence-corrected chi connectivity index (χ1v) is 11.8. The van der Waals surface area contributed by atoms with E-state index in [-0.39, 0.29) is 28.3 Å². The third-order valence-corrected chi connectivity index (χ3v) is 6.68. The van der Waals surface area contributed by atoms with E-state index in [0.29, 0.717) is 10.7 Å². The molecule has 0 N–H and O–H groups in total. The number of hydrogen-bond acceptors (Lipinski definition) is 7. The minimum atomic E-state index is -0.979. The number of ketones is 1. The maximum absolute atomic E-state index is 13.4. The number of rotatable bonds is 6. The van der Waals surface area contributed by atoms with Gasteiger partial charge >= 0.3 is 0 Å². The summed E-state index contributed by atoms with van der Waals surface area (Å²) < 4.78 is 13.4. The van der Waals surface area contributed by atoms with Gasteiger partial charge in [-0.25, -0.2) is 14.4 Å². The van der Waals surface area contributed by atoms with E-state index in [2.05, 4.69) is 9.98 Å². The van der Waals surface area contributed by atoms with Crippen molar-refractivity contribution in [2.45, 2.75) is 12.8 Å². The SMILES string of the molecule is Cc1csc(C(C#N)C(=O)CSC2=NC(=Cc3ccccc3)C(=O)N2c2ccc(F)cc2)n1. The van der Waals surface area contributed by atoms with Crippen LogP contribution in [0.3, 0.4) is 0 Å². The fraction of sp³-hybridized carbons (Fsp3) is 0.125. The van der Waals surface area contributed by atoms with Gasteiger partial charge in [-0.15, -0.1) is 11.3 Å². The Kier molecular flexibility index (Phi) is 6.77. The number of halogens is 1. The molecule has 1 unspecified atom stereocenters. The summed E-state index contributed by atoms with van der Waals surface area (Å²) in [7, 11) is 0. The van der Waals surface area contributed by atoms with Crippen LogP contribution in [-0.4, -0.2) is 27.6 Å². The van der Waals surface area contributed by atoms with Crippen LogP contribution in [0.2, 0.25) is 0 Å². The molecule has 2 aromatic carbocycles. The lowest BCUT2D eigenvalue weighted by atomic mass is 10.1. The molecule has 0 aliphatic carbocycles. The van der Waals surface area contributed by atoms with E-state index in [9.17, 15) is 19.2 Å². The van der Waals surface area contributed by atoms with E-state index < -0.39 is 11.7 Å². The van der Waals surface area contributed by atoms with E-state index in [1.807, 2.05) is 36.4 Å². The van der Waals surface area contributed by atoms with Crippen LogP contribution < -0.4 is 4.90 Å². The molecular formula is C24H17FN4O2S2. The van der Waals surface area contributed by atoms with Crippen molar-refractivity contribution in [2.24, 2.45) is 4.99 Å². The van der Waals surface area contributed by atoms with Crippen LogP contribution in [0.25, 0.3) is 6.08 Å². The highest BCUT2D eigenvalue weighted by atomic mass is 32.2. The van der Waals surface area contributed by atoms with Crippen molar-refractivity contribution >= 4 is 51.7 Å². The van der Waals surface area contributed by atoms with Gasteiger partial charge in [0.1, 0.15) is 16.5 Å². The number of hydrogen-bond donors (Lipinski definition) is 0. The minimum absolute atomic E-state index is 0.0702. The van der Waals surface area contributed by atoms with Crippen molar-refractivity contribution in [3.8, 4) is 6.07 Å². The molecule has 1 aromatic heterocycles. The standard InChI is InChI=1S/C24H17FN4O2S2/c1-15-13-32-22(27-15)19(12-26)21(30)14-33-24-28-20(11-16-5-3-2-4-6-16)23(31)29(24)18-9-7-17(25)8-10-18/h2-11,13,19H,14H2,1H3. The molecule has 2 heterocycles. The molecule has 0 fully saturated rings. The molecule has 33 heavy (non-hydrogen) atoms. The quantitative estimate of drug-likeness (QED) is 0.470. The molecule has 0 spiro atoms. The molecule has 0 saturated heterocycles. The molecule has 1 atom stereocenters. The van der Waals surface area contributed by atoms with Crippen LogP contribution in [0.4, 0.5) is 10.1 Å². The second-order valence-electron chi connectivity index (χ2n) is 7.10. The predicted molar refractivity (Wildman–Crippen MR) is 128 cm³/mol. The topological polar surface area (TPSA) is 86.4 Å². The highest BCUT2D eigenvalue weighted by Gasteiger charge is 2.33. The van der Waals surface area contributed by atoms with Gasteiger partial charge in [-0.2, -0.15) is 5.26 Å². The van der Waals surface area contributed by atoms with Crippen molar-refractivity contribution in [3.05, 3.63) is 87.8 Å². The molecule has 6 nitrogen and oxygen atoms in total. The van der Waals surface area contributed by atoms with Crippen LogP contribution in [-0.2, 0) is 9.59 Å². The number of aromatic nitrogens is 1. The third-order valence-electron chi connectivity index (χ3n) is 4.70. The zero-order valence-electron chi connectivity index (χ0n) is 17.4. The van der Waals surface area contributed by atoms with E-state index >= 15 is 0 Å². The van der Waals surface area contributed by atoms with Gasteiger partial charge in [0.15, 0.2) is 16.9 Å².